The number of esters is 3. The van der Waals surface area contributed by atoms with E-state index in [1.165, 1.54) is 44.8 Å². The normalized spacial score (nSPS) is 44.6. The summed E-state index contributed by atoms with van der Waals surface area (Å²) in [4.78, 5) is 36.3. The minimum atomic E-state index is -0.374. The Bertz CT molecular complexity index is 1140. The number of fused-ring (bicyclic) bond motifs is 7. The van der Waals surface area contributed by atoms with E-state index in [2.05, 4.69) is 48.1 Å². The zero-order chi connectivity index (χ0) is 31.6. The van der Waals surface area contributed by atoms with Crippen molar-refractivity contribution in [3.8, 4) is 0 Å². The van der Waals surface area contributed by atoms with Gasteiger partial charge < -0.3 is 14.2 Å². The second-order valence-electron chi connectivity index (χ2n) is 16.7. The summed E-state index contributed by atoms with van der Waals surface area (Å²) in [7, 11) is 1.35. The fourth-order valence-electron chi connectivity index (χ4n) is 12.5. The summed E-state index contributed by atoms with van der Waals surface area (Å²) < 4.78 is 16.6. The summed E-state index contributed by atoms with van der Waals surface area (Å²) >= 11 is 0. The van der Waals surface area contributed by atoms with Crippen molar-refractivity contribution in [3.63, 3.8) is 0 Å². The van der Waals surface area contributed by atoms with Gasteiger partial charge in [0.15, 0.2) is 0 Å². The van der Waals surface area contributed by atoms with Crippen LogP contribution >= 0.6 is 0 Å². The smallest absolute Gasteiger partial charge is 0.306 e. The maximum atomic E-state index is 12.7. The fraction of sp³-hybridized carbons (Fsp3) is 0.865. The molecule has 0 aromatic carbocycles. The SMILES string of the molecule is C=C(C)[C@@H]1CC[C@]2(COC(=O)CCC(=O)OC)CC[C@]3(C)[C@H](CC[C@@H]4[C@@]5(C)CC[C@H](OC(C)=O)C(C)(C)[C@@H]5CC[C@]43C)[C@@H]12. The molecule has 10 atom stereocenters. The summed E-state index contributed by atoms with van der Waals surface area (Å²) in [5.41, 5.74) is 1.91. The lowest BCUT2D eigenvalue weighted by atomic mass is 9.32. The van der Waals surface area contributed by atoms with Crippen LogP contribution in [0.3, 0.4) is 0 Å². The Morgan fingerprint density at radius 3 is 2.12 bits per heavy atom. The predicted molar refractivity (Wildman–Crippen MR) is 167 cm³/mol. The van der Waals surface area contributed by atoms with Gasteiger partial charge in [0.05, 0.1) is 26.6 Å². The number of hydrogen-bond donors (Lipinski definition) is 0. The highest BCUT2D eigenvalue weighted by molar-refractivity contribution is 5.77. The molecule has 0 radical (unpaired) electrons. The monoisotopic (exact) mass is 598 g/mol. The molecule has 43 heavy (non-hydrogen) atoms. The largest absolute Gasteiger partial charge is 0.469 e. The molecule has 0 unspecified atom stereocenters. The molecule has 0 spiro atoms. The van der Waals surface area contributed by atoms with Crippen molar-refractivity contribution in [3.05, 3.63) is 12.2 Å². The first-order valence-corrected chi connectivity index (χ1v) is 17.1. The molecule has 0 saturated heterocycles. The molecular weight excluding hydrogens is 540 g/mol. The highest BCUT2D eigenvalue weighted by Gasteiger charge is 2.71. The van der Waals surface area contributed by atoms with E-state index in [1.54, 1.807) is 6.92 Å². The Morgan fingerprint density at radius 2 is 1.47 bits per heavy atom. The molecule has 0 heterocycles. The van der Waals surface area contributed by atoms with Crippen LogP contribution in [0.4, 0.5) is 0 Å². The summed E-state index contributed by atoms with van der Waals surface area (Å²) in [6.07, 6.45) is 11.6. The topological polar surface area (TPSA) is 78.9 Å². The van der Waals surface area contributed by atoms with Crippen LogP contribution in [0.15, 0.2) is 12.2 Å². The van der Waals surface area contributed by atoms with Crippen molar-refractivity contribution in [2.24, 2.45) is 56.7 Å². The van der Waals surface area contributed by atoms with E-state index < -0.39 is 0 Å². The predicted octanol–water partition coefficient (Wildman–Crippen LogP) is 8.07. The Balaban J connectivity index is 1.42. The van der Waals surface area contributed by atoms with Crippen LogP contribution in [-0.2, 0) is 28.6 Å². The lowest BCUT2D eigenvalue weighted by Gasteiger charge is -2.73. The van der Waals surface area contributed by atoms with E-state index in [4.69, 9.17) is 14.2 Å². The van der Waals surface area contributed by atoms with Crippen molar-refractivity contribution >= 4 is 17.9 Å². The molecule has 0 aliphatic heterocycles. The number of carbonyl (C=O) groups excluding carboxylic acids is 3. The molecule has 5 fully saturated rings. The van der Waals surface area contributed by atoms with Crippen LogP contribution in [0.1, 0.15) is 126 Å². The standard InChI is InChI=1S/C37H58O6/c1-23(2)25-14-19-37(22-42-31(40)13-12-30(39)41-9)21-20-35(7)26(32(25)37)10-11-28-34(6)17-16-29(43-24(3)38)33(4,5)27(34)15-18-36(28,35)8/h25-29,32H,1,10-22H2,2-9H3/t25-,26+,27-,28+,29-,32+,34-,35+,36+,37+/m0/s1. The summed E-state index contributed by atoms with van der Waals surface area (Å²) in [6, 6.07) is 0. The fourth-order valence-corrected chi connectivity index (χ4v) is 12.5. The second-order valence-corrected chi connectivity index (χ2v) is 16.7. The van der Waals surface area contributed by atoms with Crippen molar-refractivity contribution in [2.45, 2.75) is 132 Å². The number of allylic oxidation sites excluding steroid dienone is 1. The molecule has 6 nitrogen and oxygen atoms in total. The van der Waals surface area contributed by atoms with Gasteiger partial charge in [-0.1, -0.05) is 46.8 Å². The van der Waals surface area contributed by atoms with Gasteiger partial charge >= 0.3 is 17.9 Å². The quantitative estimate of drug-likeness (QED) is 0.168. The lowest BCUT2D eigenvalue weighted by Crippen LogP contribution is -2.67. The molecule has 242 valence electrons. The van der Waals surface area contributed by atoms with Crippen LogP contribution in [-0.4, -0.2) is 37.7 Å². The van der Waals surface area contributed by atoms with Gasteiger partial charge in [0.1, 0.15) is 6.10 Å². The zero-order valence-corrected chi connectivity index (χ0v) is 28.3. The van der Waals surface area contributed by atoms with E-state index >= 15 is 0 Å². The molecule has 5 rings (SSSR count). The number of ether oxygens (including phenoxy) is 3. The highest BCUT2D eigenvalue weighted by atomic mass is 16.5. The third kappa shape index (κ3) is 5.00. The van der Waals surface area contributed by atoms with E-state index in [-0.39, 0.29) is 63.9 Å². The van der Waals surface area contributed by atoms with Gasteiger partial charge in [0.2, 0.25) is 0 Å². The molecule has 0 aromatic heterocycles. The van der Waals surface area contributed by atoms with Crippen molar-refractivity contribution in [1.29, 1.82) is 0 Å². The molecule has 0 aromatic rings. The lowest BCUT2D eigenvalue weighted by molar-refractivity contribution is -0.252. The van der Waals surface area contributed by atoms with Crippen LogP contribution in [0, 0.1) is 56.7 Å². The third-order valence-electron chi connectivity index (χ3n) is 14.8. The third-order valence-corrected chi connectivity index (χ3v) is 14.8. The summed E-state index contributed by atoms with van der Waals surface area (Å²) in [5.74, 6) is 1.87. The van der Waals surface area contributed by atoms with Crippen LogP contribution < -0.4 is 0 Å². The van der Waals surface area contributed by atoms with Crippen molar-refractivity contribution in [1.82, 2.24) is 0 Å². The summed E-state index contributed by atoms with van der Waals surface area (Å²) in [6.45, 7) is 21.3. The first kappa shape index (κ1) is 32.5. The number of hydrogen-bond acceptors (Lipinski definition) is 6. The molecular formula is C37H58O6. The van der Waals surface area contributed by atoms with Crippen molar-refractivity contribution < 1.29 is 28.6 Å². The van der Waals surface area contributed by atoms with E-state index in [1.807, 2.05) is 0 Å². The number of methoxy groups -OCH3 is 1. The van der Waals surface area contributed by atoms with Crippen molar-refractivity contribution in [2.75, 3.05) is 13.7 Å². The minimum absolute atomic E-state index is 0.000188. The molecule has 5 aliphatic rings. The Morgan fingerprint density at radius 1 is 0.767 bits per heavy atom. The molecule has 0 bridgehead atoms. The van der Waals surface area contributed by atoms with Gasteiger partial charge in [-0.05, 0) is 117 Å². The van der Waals surface area contributed by atoms with E-state index in [9.17, 15) is 14.4 Å². The first-order valence-electron chi connectivity index (χ1n) is 17.1. The Hall–Kier alpha value is -1.85. The second kappa shape index (κ2) is 11.2. The van der Waals surface area contributed by atoms with Crippen LogP contribution in [0.5, 0.6) is 0 Å². The molecule has 0 amide bonds. The van der Waals surface area contributed by atoms with Crippen LogP contribution in [0.2, 0.25) is 0 Å². The number of carbonyl (C=O) groups is 3. The van der Waals surface area contributed by atoms with Gasteiger partial charge in [-0.3, -0.25) is 14.4 Å². The molecule has 5 aliphatic carbocycles. The maximum Gasteiger partial charge on any atom is 0.306 e. The van der Waals surface area contributed by atoms with Gasteiger partial charge in [0, 0.05) is 17.8 Å². The minimum Gasteiger partial charge on any atom is -0.469 e. The Kier molecular flexibility index (Phi) is 8.47. The van der Waals surface area contributed by atoms with E-state index in [0.29, 0.717) is 36.2 Å². The highest BCUT2D eigenvalue weighted by Crippen LogP contribution is 2.77. The number of rotatable bonds is 7. The van der Waals surface area contributed by atoms with Gasteiger partial charge in [0.25, 0.3) is 0 Å². The first-order chi connectivity index (χ1) is 20.1. The van der Waals surface area contributed by atoms with Gasteiger partial charge in [-0.2, -0.15) is 0 Å². The summed E-state index contributed by atoms with van der Waals surface area (Å²) in [5, 5.41) is 0. The average Bonchev–Trinajstić information content (AvgIpc) is 3.32. The molecule has 0 N–H and O–H groups in total. The zero-order valence-electron chi connectivity index (χ0n) is 28.3. The van der Waals surface area contributed by atoms with E-state index in [0.717, 1.165) is 32.1 Å². The van der Waals surface area contributed by atoms with Gasteiger partial charge in [-0.15, -0.1) is 0 Å². The Labute approximate surface area is 260 Å². The van der Waals surface area contributed by atoms with Gasteiger partial charge in [-0.25, -0.2) is 0 Å². The maximum absolute atomic E-state index is 12.7. The average molecular weight is 599 g/mol. The molecule has 5 saturated carbocycles. The van der Waals surface area contributed by atoms with Crippen LogP contribution in [0.25, 0.3) is 0 Å². The molecule has 6 heteroatoms.